The van der Waals surface area contributed by atoms with Crippen LogP contribution in [0.3, 0.4) is 0 Å². The van der Waals surface area contributed by atoms with E-state index in [0.29, 0.717) is 107 Å². The highest BCUT2D eigenvalue weighted by Gasteiger charge is 2.33. The predicted molar refractivity (Wildman–Crippen MR) is 361 cm³/mol. The van der Waals surface area contributed by atoms with E-state index in [9.17, 15) is 33.7 Å². The summed E-state index contributed by atoms with van der Waals surface area (Å²) in [7, 11) is -16.0. The minimum Gasteiger partial charge on any atom is -0.338 e. The number of hydrogen-bond donors (Lipinski definition) is 5. The molecule has 0 radical (unpaired) electrons. The number of rotatable bonds is 28. The van der Waals surface area contributed by atoms with Gasteiger partial charge in [0.2, 0.25) is 45.2 Å². The van der Waals surface area contributed by atoms with E-state index in [0.717, 1.165) is 37.0 Å². The number of nitrogens with zero attached hydrogens (tertiary/aromatic N) is 9. The molecule has 0 aliphatic heterocycles. The molecule has 8 aromatic rings. The van der Waals surface area contributed by atoms with E-state index >= 15 is 0 Å². The maximum atomic E-state index is 14.5. The zero-order valence-electron chi connectivity index (χ0n) is 53.4. The second-order valence-electron chi connectivity index (χ2n) is 23.4. The van der Waals surface area contributed by atoms with Crippen LogP contribution in [0, 0.1) is 55.0 Å². The number of unbranched alkanes of at least 4 members (excludes halogenated alkanes) is 4. The van der Waals surface area contributed by atoms with Crippen LogP contribution in [0.5, 0.6) is 0 Å². The number of aryl methyl sites for hydroxylation is 5. The smallest absolute Gasteiger partial charge is 0.255 e. The number of aromatic nitrogens is 5. The number of fused-ring (bicyclic) bond motifs is 2. The fraction of sp³-hybridized carbons (Fsp3) is 0.435. The van der Waals surface area contributed by atoms with E-state index in [1.165, 1.54) is 28.2 Å². The Morgan fingerprint density at radius 3 is 1.58 bits per heavy atom. The lowest BCUT2D eigenvalue weighted by Gasteiger charge is -2.28. The molecule has 482 valence electrons. The molecule has 0 bridgehead atoms. The van der Waals surface area contributed by atoms with Gasteiger partial charge in [0.1, 0.15) is 11.5 Å². The molecule has 0 atom stereocenters. The summed E-state index contributed by atoms with van der Waals surface area (Å²) in [5.41, 5.74) is 5.18. The first-order valence-electron chi connectivity index (χ1n) is 30.0. The van der Waals surface area contributed by atoms with Gasteiger partial charge in [-0.2, -0.15) is 9.78 Å². The van der Waals surface area contributed by atoms with Gasteiger partial charge in [0.15, 0.2) is 16.8 Å². The van der Waals surface area contributed by atoms with Crippen molar-refractivity contribution in [3.63, 3.8) is 0 Å². The Balaban J connectivity index is 1.41. The number of benzene rings is 4. The number of sulfonamides is 4. The van der Waals surface area contributed by atoms with E-state index in [1.54, 1.807) is 82.0 Å². The van der Waals surface area contributed by atoms with Gasteiger partial charge >= 0.3 is 0 Å². The van der Waals surface area contributed by atoms with Crippen molar-refractivity contribution in [2.45, 2.75) is 173 Å². The first-order chi connectivity index (χ1) is 42.4. The van der Waals surface area contributed by atoms with E-state index in [1.807, 2.05) is 62.3 Å². The number of nitrogens with one attached hydrogen (secondary N) is 5. The summed E-state index contributed by atoms with van der Waals surface area (Å²) in [4.78, 5) is 21.3. The van der Waals surface area contributed by atoms with Gasteiger partial charge in [0, 0.05) is 31.9 Å². The molecule has 0 fully saturated rings. The lowest BCUT2D eigenvalue weighted by Crippen LogP contribution is -2.27. The zero-order chi connectivity index (χ0) is 65.8. The number of hydrogen-bond acceptors (Lipinski definition) is 18. The molecule has 90 heavy (non-hydrogen) atoms. The van der Waals surface area contributed by atoms with Gasteiger partial charge in [-0.15, -0.1) is 10.2 Å². The summed E-state index contributed by atoms with van der Waals surface area (Å²) >= 11 is 2.33. The molecule has 0 aliphatic carbocycles. The quantitative estimate of drug-likeness (QED) is 0.0173. The SMILES string of the molecule is [C-]#[N+]c1c(C(C)(C)C)nn(-c2nc3ccc(S(=O)(=O)NCCCC)cc3s2)c1N=Nc1c(C)cc(N(c2nc3ccc(S(=O)(=O)NCCCC)cc3s2)c2c(C)cc(C)c(S(=O)(=O)NCCCC)c2C)nc1Nc1c(C)cc(C)c(S(=O)(=O)NCCCC)c1C. The van der Waals surface area contributed by atoms with Crippen molar-refractivity contribution in [1.29, 1.82) is 0 Å². The first kappa shape index (κ1) is 69.2. The third kappa shape index (κ3) is 14.8. The molecule has 0 amide bonds. The average molecular weight is 1340 g/mol. The fourth-order valence-electron chi connectivity index (χ4n) is 10.6. The molecular formula is C62H80N14O8S6. The van der Waals surface area contributed by atoms with E-state index in [2.05, 4.69) is 29.1 Å². The summed E-state index contributed by atoms with van der Waals surface area (Å²) in [5.74, 6) is 0.277. The molecule has 4 aromatic heterocycles. The van der Waals surface area contributed by atoms with Gasteiger partial charge in [-0.1, -0.05) is 109 Å². The van der Waals surface area contributed by atoms with Gasteiger partial charge in [-0.25, -0.2) is 72.4 Å². The van der Waals surface area contributed by atoms with Gasteiger partial charge in [-0.05, 0) is 161 Å². The molecule has 0 saturated carbocycles. The van der Waals surface area contributed by atoms with Crippen LogP contribution in [0.4, 0.5) is 45.3 Å². The van der Waals surface area contributed by atoms with Crippen LogP contribution in [0.15, 0.2) is 84.4 Å². The molecule has 4 heterocycles. The van der Waals surface area contributed by atoms with E-state index < -0.39 is 45.5 Å². The Hall–Kier alpha value is -6.65. The average Bonchev–Trinajstić information content (AvgIpc) is 1.23. The monoisotopic (exact) mass is 1340 g/mol. The van der Waals surface area contributed by atoms with Crippen molar-refractivity contribution in [3.05, 3.63) is 111 Å². The third-order valence-electron chi connectivity index (χ3n) is 15.0. The van der Waals surface area contributed by atoms with Gasteiger partial charge in [0.25, 0.3) is 5.69 Å². The summed E-state index contributed by atoms with van der Waals surface area (Å²) in [5, 5.41) is 18.8. The number of pyridine rings is 1. The molecule has 0 aliphatic rings. The lowest BCUT2D eigenvalue weighted by molar-refractivity contribution is 0.562. The minimum absolute atomic E-state index is 0.0111. The molecule has 22 nitrogen and oxygen atoms in total. The van der Waals surface area contributed by atoms with Crippen LogP contribution >= 0.6 is 22.7 Å². The zero-order valence-corrected chi connectivity index (χ0v) is 58.3. The second-order valence-corrected chi connectivity index (χ2v) is 32.3. The Morgan fingerprint density at radius 1 is 0.578 bits per heavy atom. The number of azo groups is 1. The van der Waals surface area contributed by atoms with Crippen LogP contribution in [0.2, 0.25) is 0 Å². The van der Waals surface area contributed by atoms with Crippen LogP contribution < -0.4 is 29.1 Å². The summed E-state index contributed by atoms with van der Waals surface area (Å²) in [6.45, 7) is 35.6. The summed E-state index contributed by atoms with van der Waals surface area (Å²) in [6, 6.07) is 14.6. The van der Waals surface area contributed by atoms with Crippen molar-refractivity contribution in [2.24, 2.45) is 10.2 Å². The molecule has 0 unspecified atom stereocenters. The van der Waals surface area contributed by atoms with Crippen LogP contribution in [-0.2, 0) is 45.5 Å². The number of thiazole rings is 2. The van der Waals surface area contributed by atoms with Crippen molar-refractivity contribution in [2.75, 3.05) is 36.4 Å². The molecule has 4 aromatic carbocycles. The predicted octanol–water partition coefficient (Wildman–Crippen LogP) is 14.4. The fourth-order valence-corrected chi connectivity index (χ4v) is 18.0. The number of anilines is 5. The Morgan fingerprint density at radius 2 is 1.07 bits per heavy atom. The topological polar surface area (TPSA) is 286 Å². The molecule has 0 saturated heterocycles. The molecule has 8 rings (SSSR count). The van der Waals surface area contributed by atoms with Crippen molar-refractivity contribution < 1.29 is 33.7 Å². The second kappa shape index (κ2) is 28.1. The van der Waals surface area contributed by atoms with Crippen LogP contribution in [0.1, 0.15) is 144 Å². The molecular weight excluding hydrogens is 1260 g/mol. The van der Waals surface area contributed by atoms with E-state index in [-0.39, 0.29) is 79.7 Å². The summed E-state index contributed by atoms with van der Waals surface area (Å²) in [6.07, 6.45) is 5.68. The Bertz CT molecular complexity index is 4580. The molecule has 0 spiro atoms. The molecule has 28 heteroatoms. The Labute approximate surface area is 537 Å². The van der Waals surface area contributed by atoms with Crippen molar-refractivity contribution in [3.8, 4) is 5.13 Å². The Kier molecular flexibility index (Phi) is 21.6. The summed E-state index contributed by atoms with van der Waals surface area (Å²) < 4.78 is 125. The van der Waals surface area contributed by atoms with Gasteiger partial charge in [-0.3, -0.25) is 4.90 Å². The minimum atomic E-state index is -4.12. The highest BCUT2D eigenvalue weighted by molar-refractivity contribution is 7.90. The van der Waals surface area contributed by atoms with Crippen LogP contribution in [-0.4, -0.2) is 84.6 Å². The van der Waals surface area contributed by atoms with Crippen LogP contribution in [0.25, 0.3) is 30.4 Å². The van der Waals surface area contributed by atoms with Crippen molar-refractivity contribution >= 4 is 129 Å². The standard InChI is InChI=1S/C62H80N14O8S6/c1-16-20-28-64-87(77,78)44-24-26-46-48(35-44)85-60(68-46)75(54-39(7)33-41(9)56(43(54)11)90(83,84)67-31-23-19-4)50-34-38(6)52(58(70-50)71-51-37(5)32-40(8)55(42(51)10)89(81,82)66-30-22-18-3)72-73-59-53(63-15)57(62(12,13)14)74-76(59)61-69-47-27-25-45(36-49(47)86-61)88(79,80)65-29-21-17-2/h24-27,32-36,64-67H,16-23,28-31H2,1-14H3,(H,70,71). The lowest BCUT2D eigenvalue weighted by atomic mass is 9.91. The largest absolute Gasteiger partial charge is 0.338 e. The molecule has 5 N–H and O–H groups in total. The highest BCUT2D eigenvalue weighted by atomic mass is 32.2. The maximum Gasteiger partial charge on any atom is 0.255 e. The normalized spacial score (nSPS) is 12.7. The first-order valence-corrected chi connectivity index (χ1v) is 37.5. The van der Waals surface area contributed by atoms with Crippen molar-refractivity contribution in [1.82, 2.24) is 43.6 Å². The van der Waals surface area contributed by atoms with E-state index in [4.69, 9.17) is 36.9 Å². The maximum absolute atomic E-state index is 14.5. The van der Waals surface area contributed by atoms with Gasteiger partial charge < -0.3 is 5.32 Å². The highest BCUT2D eigenvalue weighted by Crippen LogP contribution is 2.48. The third-order valence-corrected chi connectivity index (χ3v) is 23.5. The van der Waals surface area contributed by atoms with Gasteiger partial charge in [0.05, 0.1) is 58.0 Å².